The smallest absolute Gasteiger partial charge is 0.325 e. The van der Waals surface area contributed by atoms with Crippen LogP contribution in [0.5, 0.6) is 0 Å². The van der Waals surface area contributed by atoms with Crippen LogP contribution in [-0.2, 0) is 29.0 Å². The molecule has 1 fully saturated rings. The van der Waals surface area contributed by atoms with Crippen molar-refractivity contribution in [1.82, 2.24) is 24.6 Å². The third-order valence-electron chi connectivity index (χ3n) is 8.45. The summed E-state index contributed by atoms with van der Waals surface area (Å²) in [6, 6.07) is 18.3. The molecule has 1 amide bonds. The number of hydrogen-bond donors (Lipinski definition) is 1. The monoisotopic (exact) mass is 657 g/mol. The van der Waals surface area contributed by atoms with Gasteiger partial charge in [-0.3, -0.25) is 19.0 Å². The first-order chi connectivity index (χ1) is 22.4. The number of ether oxygens (including phenoxy) is 1. The van der Waals surface area contributed by atoms with E-state index in [4.69, 9.17) is 16.3 Å². The normalized spacial score (nSPS) is 13.6. The Balaban J connectivity index is 1.38. The molecule has 0 spiro atoms. The number of carbonyl (C=O) groups is 3. The minimum Gasteiger partial charge on any atom is -0.465 e. The highest BCUT2D eigenvalue weighted by Crippen LogP contribution is 2.37. The molecule has 0 atom stereocenters. The zero-order valence-corrected chi connectivity index (χ0v) is 27.5. The van der Waals surface area contributed by atoms with Crippen LogP contribution in [0.4, 0.5) is 0 Å². The van der Waals surface area contributed by atoms with Crippen LogP contribution in [0.2, 0.25) is 5.02 Å². The van der Waals surface area contributed by atoms with E-state index in [0.29, 0.717) is 27.7 Å². The summed E-state index contributed by atoms with van der Waals surface area (Å²) < 4.78 is 8.85. The fourth-order valence-electron chi connectivity index (χ4n) is 6.17. The number of esters is 1. The molecule has 0 aliphatic heterocycles. The number of nitrogens with zero attached hydrogens (tertiary/aromatic N) is 4. The topological polar surface area (TPSA) is 108 Å². The molecule has 11 heteroatoms. The van der Waals surface area contributed by atoms with Gasteiger partial charge in [-0.15, -0.1) is 21.5 Å². The van der Waals surface area contributed by atoms with Gasteiger partial charge in [0.2, 0.25) is 0 Å². The van der Waals surface area contributed by atoms with E-state index in [1.165, 1.54) is 17.8 Å². The maximum absolute atomic E-state index is 14.0. The SMILES string of the molecule is CCOC(=O)Cn1c(C(=O)NCc2nnc(C3CCCCC3)n2-c2sc(CC)cc2C(=O)c2ccccc2Cl)cc2ccccc21. The highest BCUT2D eigenvalue weighted by atomic mass is 35.5. The summed E-state index contributed by atoms with van der Waals surface area (Å²) in [5.74, 6) is 0.571. The van der Waals surface area contributed by atoms with Crippen LogP contribution in [0.1, 0.15) is 94.8 Å². The van der Waals surface area contributed by atoms with Crippen LogP contribution >= 0.6 is 22.9 Å². The van der Waals surface area contributed by atoms with Gasteiger partial charge < -0.3 is 14.6 Å². The lowest BCUT2D eigenvalue weighted by Crippen LogP contribution is -2.28. The summed E-state index contributed by atoms with van der Waals surface area (Å²) in [5, 5.41) is 14.2. The van der Waals surface area contributed by atoms with Crippen molar-refractivity contribution in [3.05, 3.63) is 99.0 Å². The van der Waals surface area contributed by atoms with E-state index in [-0.39, 0.29) is 37.3 Å². The number of para-hydroxylation sites is 1. The molecule has 3 aromatic heterocycles. The molecule has 5 aromatic rings. The van der Waals surface area contributed by atoms with Crippen molar-refractivity contribution < 1.29 is 19.1 Å². The van der Waals surface area contributed by atoms with Crippen molar-refractivity contribution in [2.45, 2.75) is 71.4 Å². The predicted molar refractivity (Wildman–Crippen MR) is 179 cm³/mol. The second-order valence-electron chi connectivity index (χ2n) is 11.4. The molecule has 1 N–H and O–H groups in total. The Morgan fingerprint density at radius 1 is 0.978 bits per heavy atom. The van der Waals surface area contributed by atoms with Crippen LogP contribution in [-0.4, -0.2) is 43.6 Å². The molecule has 3 heterocycles. The molecular formula is C35H36ClN5O4S. The third kappa shape index (κ3) is 6.37. The number of rotatable bonds is 11. The highest BCUT2D eigenvalue weighted by molar-refractivity contribution is 7.15. The number of benzene rings is 2. The standard InChI is InChI=1S/C35H36ClN5O4S/c1-3-24-19-26(32(43)25-15-9-10-16-27(25)36)35(46-24)41-30(38-39-33(41)22-12-6-5-7-13-22)20-37-34(44)29-18-23-14-8-11-17-28(23)40(29)21-31(42)45-4-2/h8-11,14-19,22H,3-7,12-13,20-21H2,1-2H3,(H,37,44). The Kier molecular flexibility index (Phi) is 9.65. The average Bonchev–Trinajstić information content (AvgIpc) is 3.79. The molecule has 0 radical (unpaired) electrons. The van der Waals surface area contributed by atoms with Gasteiger partial charge in [0.25, 0.3) is 5.91 Å². The molecule has 1 aliphatic rings. The zero-order valence-electron chi connectivity index (χ0n) is 25.9. The summed E-state index contributed by atoms with van der Waals surface area (Å²) >= 11 is 8.01. The maximum atomic E-state index is 14.0. The number of halogens is 1. The van der Waals surface area contributed by atoms with Crippen LogP contribution in [0.15, 0.2) is 60.7 Å². The van der Waals surface area contributed by atoms with Crippen molar-refractivity contribution in [2.24, 2.45) is 0 Å². The van der Waals surface area contributed by atoms with Gasteiger partial charge in [0, 0.05) is 27.3 Å². The van der Waals surface area contributed by atoms with Gasteiger partial charge in [-0.1, -0.05) is 68.1 Å². The molecule has 1 saturated carbocycles. The van der Waals surface area contributed by atoms with E-state index in [0.717, 1.165) is 58.7 Å². The van der Waals surface area contributed by atoms with Crippen molar-refractivity contribution in [1.29, 1.82) is 0 Å². The van der Waals surface area contributed by atoms with E-state index in [9.17, 15) is 14.4 Å². The summed E-state index contributed by atoms with van der Waals surface area (Å²) in [6.45, 7) is 4.04. The fourth-order valence-corrected chi connectivity index (χ4v) is 7.51. The van der Waals surface area contributed by atoms with Gasteiger partial charge in [0.15, 0.2) is 11.6 Å². The van der Waals surface area contributed by atoms with Gasteiger partial charge >= 0.3 is 5.97 Å². The molecule has 6 rings (SSSR count). The van der Waals surface area contributed by atoms with Crippen LogP contribution in [0, 0.1) is 0 Å². The van der Waals surface area contributed by atoms with Crippen LogP contribution in [0.3, 0.4) is 0 Å². The molecule has 46 heavy (non-hydrogen) atoms. The number of fused-ring (bicyclic) bond motifs is 1. The largest absolute Gasteiger partial charge is 0.465 e. The van der Waals surface area contributed by atoms with Crippen molar-refractivity contribution in [3.63, 3.8) is 0 Å². The van der Waals surface area contributed by atoms with E-state index in [1.54, 1.807) is 41.8 Å². The number of amides is 1. The molecule has 0 unspecified atom stereocenters. The van der Waals surface area contributed by atoms with Gasteiger partial charge in [-0.2, -0.15) is 0 Å². The van der Waals surface area contributed by atoms with Gasteiger partial charge in [0.1, 0.15) is 23.1 Å². The number of carbonyl (C=O) groups excluding carboxylic acids is 3. The number of aryl methyl sites for hydroxylation is 1. The molecule has 238 valence electrons. The Morgan fingerprint density at radius 3 is 2.50 bits per heavy atom. The van der Waals surface area contributed by atoms with Crippen molar-refractivity contribution >= 4 is 51.5 Å². The Morgan fingerprint density at radius 2 is 1.74 bits per heavy atom. The summed E-state index contributed by atoms with van der Waals surface area (Å²) in [6.07, 6.45) is 6.11. The first-order valence-electron chi connectivity index (χ1n) is 15.8. The third-order valence-corrected chi connectivity index (χ3v) is 10.0. The quantitative estimate of drug-likeness (QED) is 0.118. The second kappa shape index (κ2) is 14.0. The van der Waals surface area contributed by atoms with Crippen LogP contribution in [0.25, 0.3) is 15.9 Å². The Hall–Kier alpha value is -4.28. The lowest BCUT2D eigenvalue weighted by Gasteiger charge is -2.22. The number of aromatic nitrogens is 4. The van der Waals surface area contributed by atoms with Gasteiger partial charge in [-0.05, 0) is 56.5 Å². The Bertz CT molecular complexity index is 1900. The average molecular weight is 658 g/mol. The van der Waals surface area contributed by atoms with Crippen molar-refractivity contribution in [2.75, 3.05) is 6.61 Å². The summed E-state index contributed by atoms with van der Waals surface area (Å²) in [4.78, 5) is 41.2. The van der Waals surface area contributed by atoms with E-state index in [1.807, 2.05) is 34.9 Å². The zero-order chi connectivity index (χ0) is 32.2. The minimum absolute atomic E-state index is 0.0680. The van der Waals surface area contributed by atoms with Gasteiger partial charge in [-0.25, -0.2) is 0 Å². The lowest BCUT2D eigenvalue weighted by atomic mass is 9.88. The number of thiophene rings is 1. The lowest BCUT2D eigenvalue weighted by molar-refractivity contribution is -0.143. The number of ketones is 1. The molecule has 0 saturated heterocycles. The first kappa shape index (κ1) is 31.7. The number of nitrogens with one attached hydrogen (secondary N) is 1. The van der Waals surface area contributed by atoms with Crippen LogP contribution < -0.4 is 5.32 Å². The van der Waals surface area contributed by atoms with E-state index < -0.39 is 5.97 Å². The van der Waals surface area contributed by atoms with Gasteiger partial charge in [0.05, 0.1) is 23.7 Å². The molecule has 9 nitrogen and oxygen atoms in total. The predicted octanol–water partition coefficient (Wildman–Crippen LogP) is 7.27. The molecular weight excluding hydrogens is 622 g/mol. The van der Waals surface area contributed by atoms with Crippen molar-refractivity contribution in [3.8, 4) is 5.00 Å². The molecule has 2 aromatic carbocycles. The molecule has 0 bridgehead atoms. The summed E-state index contributed by atoms with van der Waals surface area (Å²) in [7, 11) is 0. The van der Waals surface area contributed by atoms with E-state index >= 15 is 0 Å². The van der Waals surface area contributed by atoms with E-state index in [2.05, 4.69) is 22.4 Å². The summed E-state index contributed by atoms with van der Waals surface area (Å²) in [5.41, 5.74) is 2.07. The molecule has 1 aliphatic carbocycles. The first-order valence-corrected chi connectivity index (χ1v) is 17.0. The second-order valence-corrected chi connectivity index (χ2v) is 12.9. The minimum atomic E-state index is -0.421. The number of hydrogen-bond acceptors (Lipinski definition) is 7. The maximum Gasteiger partial charge on any atom is 0.325 e. The fraction of sp³-hybridized carbons (Fsp3) is 0.343. The Labute approximate surface area is 276 Å². The highest BCUT2D eigenvalue weighted by Gasteiger charge is 2.29.